The molecule has 0 spiro atoms. The first-order chi connectivity index (χ1) is 8.75. The SMILES string of the molecule is O=C1C2CCCCCC2=NN1c1cccc(Br)c1. The summed E-state index contributed by atoms with van der Waals surface area (Å²) >= 11 is 3.43. The van der Waals surface area contributed by atoms with Crippen LogP contribution in [0.3, 0.4) is 0 Å². The Bertz CT molecular complexity index is 512. The lowest BCUT2D eigenvalue weighted by molar-refractivity contribution is -0.119. The minimum absolute atomic E-state index is 0.0338. The van der Waals surface area contributed by atoms with Crippen LogP contribution in [0.15, 0.2) is 33.8 Å². The molecule has 1 aliphatic heterocycles. The molecule has 18 heavy (non-hydrogen) atoms. The van der Waals surface area contributed by atoms with Crippen molar-refractivity contribution in [1.82, 2.24) is 0 Å². The summed E-state index contributed by atoms with van der Waals surface area (Å²) in [5, 5.41) is 6.12. The van der Waals surface area contributed by atoms with Gasteiger partial charge in [0.25, 0.3) is 5.91 Å². The van der Waals surface area contributed by atoms with Gasteiger partial charge in [-0.1, -0.05) is 34.8 Å². The number of hydrogen-bond donors (Lipinski definition) is 0. The molecule has 0 radical (unpaired) electrons. The van der Waals surface area contributed by atoms with E-state index in [0.717, 1.165) is 41.6 Å². The topological polar surface area (TPSA) is 32.7 Å². The maximum atomic E-state index is 12.4. The zero-order valence-electron chi connectivity index (χ0n) is 10.1. The lowest BCUT2D eigenvalue weighted by Crippen LogP contribution is -2.27. The van der Waals surface area contributed by atoms with E-state index in [0.29, 0.717) is 0 Å². The van der Waals surface area contributed by atoms with E-state index < -0.39 is 0 Å². The summed E-state index contributed by atoms with van der Waals surface area (Å²) in [5.41, 5.74) is 1.94. The Labute approximate surface area is 115 Å². The molecule has 1 amide bonds. The van der Waals surface area contributed by atoms with Crippen molar-refractivity contribution in [3.63, 3.8) is 0 Å². The molecule has 1 atom stereocenters. The zero-order chi connectivity index (χ0) is 12.5. The van der Waals surface area contributed by atoms with Gasteiger partial charge in [-0.3, -0.25) is 4.79 Å². The smallest absolute Gasteiger partial charge is 0.256 e. The summed E-state index contributed by atoms with van der Waals surface area (Å²) < 4.78 is 0.972. The Morgan fingerprint density at radius 1 is 1.28 bits per heavy atom. The molecular formula is C14H15BrN2O. The van der Waals surface area contributed by atoms with Gasteiger partial charge in [0.05, 0.1) is 17.3 Å². The third kappa shape index (κ3) is 2.09. The van der Waals surface area contributed by atoms with E-state index in [-0.39, 0.29) is 11.8 Å². The molecule has 0 bridgehead atoms. The third-order valence-corrected chi connectivity index (χ3v) is 4.11. The van der Waals surface area contributed by atoms with Crippen molar-refractivity contribution in [1.29, 1.82) is 0 Å². The Morgan fingerprint density at radius 3 is 3.00 bits per heavy atom. The second-order valence-electron chi connectivity index (χ2n) is 4.87. The van der Waals surface area contributed by atoms with Gasteiger partial charge in [0, 0.05) is 4.47 Å². The highest BCUT2D eigenvalue weighted by atomic mass is 79.9. The van der Waals surface area contributed by atoms with Crippen molar-refractivity contribution in [3.8, 4) is 0 Å². The molecule has 0 aromatic heterocycles. The molecule has 1 aromatic carbocycles. The first-order valence-electron chi connectivity index (χ1n) is 6.42. The van der Waals surface area contributed by atoms with Gasteiger partial charge in [0.15, 0.2) is 0 Å². The fourth-order valence-corrected chi connectivity index (χ4v) is 3.06. The van der Waals surface area contributed by atoms with Crippen LogP contribution in [0.5, 0.6) is 0 Å². The monoisotopic (exact) mass is 306 g/mol. The highest BCUT2D eigenvalue weighted by Crippen LogP contribution is 2.32. The standard InChI is InChI=1S/C14H15BrN2O/c15-10-5-4-6-11(9-10)17-14(18)12-7-2-1-3-8-13(12)16-17/h4-6,9,12H,1-3,7-8H2. The number of carbonyl (C=O) groups is 1. The number of rotatable bonds is 1. The summed E-state index contributed by atoms with van der Waals surface area (Å²) in [5.74, 6) is 0.177. The summed E-state index contributed by atoms with van der Waals surface area (Å²) in [6.07, 6.45) is 5.46. The Balaban J connectivity index is 1.93. The number of anilines is 1. The van der Waals surface area contributed by atoms with Crippen molar-refractivity contribution in [2.75, 3.05) is 5.01 Å². The number of benzene rings is 1. The van der Waals surface area contributed by atoms with Gasteiger partial charge in [0.1, 0.15) is 0 Å². The predicted octanol–water partition coefficient (Wildman–Crippen LogP) is 3.73. The van der Waals surface area contributed by atoms with Crippen LogP contribution in [0.25, 0.3) is 0 Å². The summed E-state index contributed by atoms with van der Waals surface area (Å²) in [6, 6.07) is 7.75. The predicted molar refractivity (Wildman–Crippen MR) is 75.6 cm³/mol. The van der Waals surface area contributed by atoms with Gasteiger partial charge in [0.2, 0.25) is 0 Å². The number of halogens is 1. The van der Waals surface area contributed by atoms with Crippen LogP contribution >= 0.6 is 15.9 Å². The van der Waals surface area contributed by atoms with E-state index >= 15 is 0 Å². The van der Waals surface area contributed by atoms with Gasteiger partial charge in [-0.2, -0.15) is 5.10 Å². The second kappa shape index (κ2) is 4.84. The third-order valence-electron chi connectivity index (χ3n) is 3.62. The number of fused-ring (bicyclic) bond motifs is 1. The maximum absolute atomic E-state index is 12.4. The largest absolute Gasteiger partial charge is 0.272 e. The molecule has 4 heteroatoms. The van der Waals surface area contributed by atoms with Crippen LogP contribution in [-0.4, -0.2) is 11.6 Å². The van der Waals surface area contributed by atoms with Crippen LogP contribution in [0, 0.1) is 5.92 Å². The Kier molecular flexibility index (Phi) is 3.20. The van der Waals surface area contributed by atoms with Crippen molar-refractivity contribution >= 4 is 33.2 Å². The van der Waals surface area contributed by atoms with E-state index in [1.807, 2.05) is 24.3 Å². The highest BCUT2D eigenvalue weighted by molar-refractivity contribution is 9.10. The normalized spacial score (nSPS) is 23.6. The van der Waals surface area contributed by atoms with Gasteiger partial charge < -0.3 is 0 Å². The lowest BCUT2D eigenvalue weighted by Gasteiger charge is -2.14. The summed E-state index contributed by atoms with van der Waals surface area (Å²) in [4.78, 5) is 12.4. The van der Waals surface area contributed by atoms with Gasteiger partial charge in [-0.05, 0) is 37.5 Å². The number of carbonyl (C=O) groups excluding carboxylic acids is 1. The molecular weight excluding hydrogens is 292 g/mol. The minimum atomic E-state index is 0.0338. The summed E-state index contributed by atoms with van der Waals surface area (Å²) in [7, 11) is 0. The summed E-state index contributed by atoms with van der Waals surface area (Å²) in [6.45, 7) is 0. The molecule has 0 saturated heterocycles. The molecule has 2 aliphatic rings. The molecule has 94 valence electrons. The van der Waals surface area contributed by atoms with Gasteiger partial charge in [-0.15, -0.1) is 0 Å². The van der Waals surface area contributed by atoms with Gasteiger partial charge >= 0.3 is 0 Å². The van der Waals surface area contributed by atoms with Crippen molar-refractivity contribution < 1.29 is 4.79 Å². The van der Waals surface area contributed by atoms with Crippen molar-refractivity contribution in [3.05, 3.63) is 28.7 Å². The molecule has 3 rings (SSSR count). The van der Waals surface area contributed by atoms with Crippen LogP contribution in [0.4, 0.5) is 5.69 Å². The zero-order valence-corrected chi connectivity index (χ0v) is 11.7. The van der Waals surface area contributed by atoms with E-state index in [1.165, 1.54) is 6.42 Å². The fraction of sp³-hybridized carbons (Fsp3) is 0.429. The van der Waals surface area contributed by atoms with E-state index in [1.54, 1.807) is 5.01 Å². The molecule has 1 aliphatic carbocycles. The van der Waals surface area contributed by atoms with Crippen LogP contribution in [0.2, 0.25) is 0 Å². The van der Waals surface area contributed by atoms with E-state index in [4.69, 9.17) is 0 Å². The molecule has 1 fully saturated rings. The first-order valence-corrected chi connectivity index (χ1v) is 7.22. The van der Waals surface area contributed by atoms with Crippen LogP contribution in [0.1, 0.15) is 32.1 Å². The maximum Gasteiger partial charge on any atom is 0.256 e. The van der Waals surface area contributed by atoms with Crippen molar-refractivity contribution in [2.24, 2.45) is 11.0 Å². The van der Waals surface area contributed by atoms with E-state index in [9.17, 15) is 4.79 Å². The number of hydrogen-bond acceptors (Lipinski definition) is 2. The van der Waals surface area contributed by atoms with E-state index in [2.05, 4.69) is 21.0 Å². The second-order valence-corrected chi connectivity index (χ2v) is 5.79. The van der Waals surface area contributed by atoms with Crippen molar-refractivity contribution in [2.45, 2.75) is 32.1 Å². The molecule has 0 N–H and O–H groups in total. The highest BCUT2D eigenvalue weighted by Gasteiger charge is 2.36. The Hall–Kier alpha value is -1.16. The fourth-order valence-electron chi connectivity index (χ4n) is 2.68. The average Bonchev–Trinajstić information content (AvgIpc) is 2.55. The first kappa shape index (κ1) is 11.9. The number of hydrazone groups is 1. The minimum Gasteiger partial charge on any atom is -0.272 e. The molecule has 1 unspecified atom stereocenters. The molecule has 1 saturated carbocycles. The van der Waals surface area contributed by atoms with Crippen LogP contribution in [-0.2, 0) is 4.79 Å². The molecule has 3 nitrogen and oxygen atoms in total. The average molecular weight is 307 g/mol. The van der Waals surface area contributed by atoms with Gasteiger partial charge in [-0.25, -0.2) is 5.01 Å². The number of nitrogens with zero attached hydrogens (tertiary/aromatic N) is 2. The quantitative estimate of drug-likeness (QED) is 0.778. The molecule has 1 aromatic rings. The lowest BCUT2D eigenvalue weighted by atomic mass is 9.98. The van der Waals surface area contributed by atoms with Crippen LogP contribution < -0.4 is 5.01 Å². The number of amides is 1. The molecule has 1 heterocycles. The Morgan fingerprint density at radius 2 is 2.17 bits per heavy atom.